The molecule has 2 aliphatic carbocycles. The van der Waals surface area contributed by atoms with Crippen LogP contribution in [0.4, 0.5) is 11.5 Å². The average molecular weight is 398 g/mol. The molecule has 0 atom stereocenters. The van der Waals surface area contributed by atoms with E-state index in [4.69, 9.17) is 11.8 Å². The van der Waals surface area contributed by atoms with Crippen LogP contribution in [0.3, 0.4) is 0 Å². The lowest BCUT2D eigenvalue weighted by molar-refractivity contribution is 0.0486. The summed E-state index contributed by atoms with van der Waals surface area (Å²) < 4.78 is 2.63. The predicted molar refractivity (Wildman–Crippen MR) is 103 cm³/mol. The van der Waals surface area contributed by atoms with Crippen molar-refractivity contribution in [2.24, 2.45) is 5.41 Å². The molecule has 0 saturated heterocycles. The Hall–Kier alpha value is -3.07. The van der Waals surface area contributed by atoms with Crippen LogP contribution in [0.15, 0.2) is 35.5 Å². The average Bonchev–Trinajstić information content (AvgIpc) is 3.27. The third-order valence-electron chi connectivity index (χ3n) is 6.07. The molecule has 2 saturated carbocycles. The fraction of sp³-hybridized carbons (Fsp3) is 0.333. The number of hydrogen-bond acceptors (Lipinski definition) is 6. The summed E-state index contributed by atoms with van der Waals surface area (Å²) in [6, 6.07) is 4.98. The number of carbonyl (C=O) groups excluding carboxylic acids is 1. The number of H-pyrrole nitrogens is 1. The van der Waals surface area contributed by atoms with Crippen molar-refractivity contribution >= 4 is 40.2 Å². The van der Waals surface area contributed by atoms with E-state index in [-0.39, 0.29) is 22.7 Å². The first-order valence-electron chi connectivity index (χ1n) is 9.10. The SMILES string of the molecule is O=C1NC2(CC3(CC3)C2)N(Cl)n2c1ccc(Nc1ncnc3[nH]ccc13)c2=O. The van der Waals surface area contributed by atoms with Crippen molar-refractivity contribution in [3.8, 4) is 0 Å². The Balaban J connectivity index is 1.42. The summed E-state index contributed by atoms with van der Waals surface area (Å²) in [4.78, 5) is 37.2. The van der Waals surface area contributed by atoms with Crippen LogP contribution in [-0.4, -0.2) is 31.2 Å². The first kappa shape index (κ1) is 15.9. The van der Waals surface area contributed by atoms with Gasteiger partial charge in [-0.2, -0.15) is 9.20 Å². The maximum absolute atomic E-state index is 13.2. The lowest BCUT2D eigenvalue weighted by atomic mass is 9.71. The number of pyridine rings is 1. The first-order valence-corrected chi connectivity index (χ1v) is 9.44. The third-order valence-corrected chi connectivity index (χ3v) is 6.54. The van der Waals surface area contributed by atoms with Crippen molar-refractivity contribution in [1.82, 2.24) is 24.9 Å². The Bertz CT molecular complexity index is 1200. The smallest absolute Gasteiger partial charge is 0.294 e. The van der Waals surface area contributed by atoms with Crippen molar-refractivity contribution in [2.75, 3.05) is 9.84 Å². The minimum absolute atomic E-state index is 0.211. The van der Waals surface area contributed by atoms with Gasteiger partial charge >= 0.3 is 0 Å². The molecule has 6 rings (SSSR count). The zero-order chi connectivity index (χ0) is 19.1. The topological polar surface area (TPSA) is 108 Å². The highest BCUT2D eigenvalue weighted by molar-refractivity contribution is 6.23. The predicted octanol–water partition coefficient (Wildman–Crippen LogP) is 1.97. The Morgan fingerprint density at radius 2 is 1.96 bits per heavy atom. The molecule has 3 aliphatic rings. The van der Waals surface area contributed by atoms with Crippen LogP contribution in [0.5, 0.6) is 0 Å². The Morgan fingerprint density at radius 3 is 2.75 bits per heavy atom. The van der Waals surface area contributed by atoms with E-state index in [1.807, 2.05) is 6.07 Å². The van der Waals surface area contributed by atoms with Crippen molar-refractivity contribution in [1.29, 1.82) is 0 Å². The highest BCUT2D eigenvalue weighted by Gasteiger charge is 2.66. The molecular formula is C18H16ClN7O2. The number of aromatic nitrogens is 4. The summed E-state index contributed by atoms with van der Waals surface area (Å²) in [7, 11) is 0. The van der Waals surface area contributed by atoms with Crippen LogP contribution in [0, 0.1) is 5.41 Å². The molecule has 2 spiro atoms. The van der Waals surface area contributed by atoms with Crippen LogP contribution in [0.1, 0.15) is 36.2 Å². The monoisotopic (exact) mass is 397 g/mol. The van der Waals surface area contributed by atoms with Crippen molar-refractivity contribution in [3.05, 3.63) is 46.8 Å². The van der Waals surface area contributed by atoms with E-state index in [0.717, 1.165) is 31.1 Å². The van der Waals surface area contributed by atoms with E-state index in [2.05, 4.69) is 25.6 Å². The summed E-state index contributed by atoms with van der Waals surface area (Å²) in [5, 5.41) is 6.82. The standard InChI is InChI=1S/C18H16ClN7O2/c19-26-18(7-17(8-18)4-5-17)24-15(27)12-2-1-11(16(28)25(12)26)23-14-10-3-6-20-13(10)21-9-22-14/h1-3,6,9H,4-5,7-8H2,(H,24,27)(H2,20,21,22,23). The number of hydrogen-bond donors (Lipinski definition) is 3. The van der Waals surface area contributed by atoms with E-state index in [0.29, 0.717) is 11.5 Å². The summed E-state index contributed by atoms with van der Waals surface area (Å²) in [5.74, 6) is 0.215. The first-order chi connectivity index (χ1) is 13.5. The molecule has 0 bridgehead atoms. The minimum Gasteiger partial charge on any atom is -0.346 e. The molecule has 28 heavy (non-hydrogen) atoms. The van der Waals surface area contributed by atoms with Gasteiger partial charge in [-0.3, -0.25) is 9.59 Å². The zero-order valence-electron chi connectivity index (χ0n) is 14.7. The highest BCUT2D eigenvalue weighted by Crippen LogP contribution is 2.65. The lowest BCUT2D eigenvalue weighted by Crippen LogP contribution is -2.73. The molecule has 3 N–H and O–H groups in total. The number of nitrogens with one attached hydrogen (secondary N) is 3. The summed E-state index contributed by atoms with van der Waals surface area (Å²) >= 11 is 6.61. The molecule has 3 aromatic rings. The van der Waals surface area contributed by atoms with E-state index < -0.39 is 11.2 Å². The second-order valence-electron chi connectivity index (χ2n) is 7.94. The second-order valence-corrected chi connectivity index (χ2v) is 8.26. The van der Waals surface area contributed by atoms with Gasteiger partial charge in [0.05, 0.1) is 5.39 Å². The Morgan fingerprint density at radius 1 is 1.14 bits per heavy atom. The van der Waals surface area contributed by atoms with Crippen molar-refractivity contribution in [3.63, 3.8) is 0 Å². The fourth-order valence-corrected chi connectivity index (χ4v) is 4.83. The Kier molecular flexibility index (Phi) is 2.87. The third kappa shape index (κ3) is 2.02. The number of carbonyl (C=O) groups is 1. The number of amides is 1. The van der Waals surface area contributed by atoms with Crippen LogP contribution in [0.2, 0.25) is 0 Å². The molecular weight excluding hydrogens is 382 g/mol. The van der Waals surface area contributed by atoms with E-state index in [1.54, 1.807) is 18.3 Å². The maximum atomic E-state index is 13.2. The molecule has 2 fully saturated rings. The highest BCUT2D eigenvalue weighted by atomic mass is 35.5. The normalized spacial score (nSPS) is 20.8. The molecule has 1 aliphatic heterocycles. The number of anilines is 2. The summed E-state index contributed by atoms with van der Waals surface area (Å²) in [6.45, 7) is 0. The van der Waals surface area contributed by atoms with E-state index >= 15 is 0 Å². The van der Waals surface area contributed by atoms with Crippen LogP contribution in [0.25, 0.3) is 11.0 Å². The molecule has 0 aromatic carbocycles. The zero-order valence-corrected chi connectivity index (χ0v) is 15.5. The van der Waals surface area contributed by atoms with Gasteiger partial charge in [-0.25, -0.2) is 9.97 Å². The molecule has 0 unspecified atom stereocenters. The van der Waals surface area contributed by atoms with E-state index in [9.17, 15) is 9.59 Å². The number of rotatable bonds is 2. The molecule has 4 heterocycles. The number of fused-ring (bicyclic) bond motifs is 2. The van der Waals surface area contributed by atoms with Gasteiger partial charge in [-0.15, -0.1) is 0 Å². The summed E-state index contributed by atoms with van der Waals surface area (Å²) in [6.07, 6.45) is 6.99. The second kappa shape index (κ2) is 5.05. The van der Waals surface area contributed by atoms with Gasteiger partial charge in [0.1, 0.15) is 34.8 Å². The number of nitrogens with zero attached hydrogens (tertiary/aromatic N) is 4. The molecule has 10 heteroatoms. The van der Waals surface area contributed by atoms with Crippen LogP contribution < -0.4 is 20.7 Å². The van der Waals surface area contributed by atoms with Crippen LogP contribution >= 0.6 is 11.8 Å². The van der Waals surface area contributed by atoms with Gasteiger partial charge in [0.25, 0.3) is 11.5 Å². The quantitative estimate of drug-likeness (QED) is 0.570. The molecule has 0 radical (unpaired) electrons. The largest absolute Gasteiger partial charge is 0.346 e. The number of aromatic amines is 1. The minimum atomic E-state index is -0.701. The molecule has 9 nitrogen and oxygen atoms in total. The molecule has 142 valence electrons. The van der Waals surface area contributed by atoms with Gasteiger partial charge in [0, 0.05) is 18.0 Å². The van der Waals surface area contributed by atoms with Gasteiger partial charge in [-0.1, -0.05) is 0 Å². The molecule has 1 amide bonds. The van der Waals surface area contributed by atoms with Gasteiger partial charge in [-0.05, 0) is 49.3 Å². The van der Waals surface area contributed by atoms with E-state index in [1.165, 1.54) is 15.5 Å². The molecule has 3 aromatic heterocycles. The lowest BCUT2D eigenvalue weighted by Gasteiger charge is -2.55. The van der Waals surface area contributed by atoms with Crippen molar-refractivity contribution in [2.45, 2.75) is 31.3 Å². The van der Waals surface area contributed by atoms with Gasteiger partial charge in [0.15, 0.2) is 0 Å². The van der Waals surface area contributed by atoms with Crippen molar-refractivity contribution < 1.29 is 4.79 Å². The van der Waals surface area contributed by atoms with Crippen LogP contribution in [-0.2, 0) is 0 Å². The van der Waals surface area contributed by atoms with Gasteiger partial charge < -0.3 is 15.6 Å². The number of halogens is 1. The Labute approximate surface area is 163 Å². The maximum Gasteiger partial charge on any atom is 0.294 e. The summed E-state index contributed by atoms with van der Waals surface area (Å²) in [5.41, 5.74) is 0.340. The fourth-order valence-electron chi connectivity index (χ4n) is 4.52. The van der Waals surface area contributed by atoms with Gasteiger partial charge in [0.2, 0.25) is 0 Å².